The third-order valence-electron chi connectivity index (χ3n) is 3.09. The molecule has 1 aliphatic rings. The van der Waals surface area contributed by atoms with Crippen molar-refractivity contribution in [1.82, 2.24) is 0 Å². The Morgan fingerprint density at radius 1 is 1.17 bits per heavy atom. The first-order chi connectivity index (χ1) is 5.66. The predicted molar refractivity (Wildman–Crippen MR) is 56.2 cm³/mol. The van der Waals surface area contributed by atoms with Crippen LogP contribution in [0.5, 0.6) is 0 Å². The zero-order valence-corrected chi connectivity index (χ0v) is 9.56. The summed E-state index contributed by atoms with van der Waals surface area (Å²) >= 11 is 0. The molecule has 0 N–H and O–H groups in total. The molecule has 1 saturated heterocycles. The second-order valence-corrected chi connectivity index (χ2v) is 4.07. The highest BCUT2D eigenvalue weighted by Gasteiger charge is 2.25. The third kappa shape index (κ3) is 3.57. The summed E-state index contributed by atoms with van der Waals surface area (Å²) in [7, 11) is 2.38. The van der Waals surface area contributed by atoms with E-state index in [9.17, 15) is 0 Å². The minimum Gasteiger partial charge on any atom is -0.326 e. The summed E-state index contributed by atoms with van der Waals surface area (Å²) in [5.74, 6) is 0.984. The summed E-state index contributed by atoms with van der Waals surface area (Å²) in [6, 6.07) is 0. The van der Waals surface area contributed by atoms with Crippen LogP contribution < -0.4 is 0 Å². The number of likely N-dealkylation sites (tertiary alicyclic amines) is 1. The standard InChI is InChI=1S/C9H20N.C2H6/c1-4-10(3)7-5-9(2)6-8-10;1-2/h9H,4-8H2,1-3H3;1-2H3/q+1;. The average Bonchev–Trinajstić information content (AvgIpc) is 2.14. The molecule has 1 fully saturated rings. The van der Waals surface area contributed by atoms with Gasteiger partial charge in [0.25, 0.3) is 0 Å². The molecule has 1 heteroatoms. The Morgan fingerprint density at radius 3 is 1.92 bits per heavy atom. The van der Waals surface area contributed by atoms with E-state index < -0.39 is 0 Å². The van der Waals surface area contributed by atoms with Crippen LogP contribution >= 0.6 is 0 Å². The Bertz CT molecular complexity index is 102. The molecule has 0 aromatic heterocycles. The molecule has 0 radical (unpaired) electrons. The van der Waals surface area contributed by atoms with Crippen molar-refractivity contribution in [2.75, 3.05) is 26.7 Å². The highest BCUT2D eigenvalue weighted by molar-refractivity contribution is 4.58. The average molecular weight is 172 g/mol. The molecule has 0 aromatic rings. The van der Waals surface area contributed by atoms with Crippen LogP contribution in [0.4, 0.5) is 0 Å². The Hall–Kier alpha value is -0.0400. The number of piperidine rings is 1. The van der Waals surface area contributed by atoms with E-state index in [2.05, 4.69) is 20.9 Å². The van der Waals surface area contributed by atoms with Crippen LogP contribution in [0.2, 0.25) is 0 Å². The zero-order valence-electron chi connectivity index (χ0n) is 9.56. The molecule has 0 bridgehead atoms. The molecule has 0 aliphatic carbocycles. The van der Waals surface area contributed by atoms with Crippen molar-refractivity contribution in [1.29, 1.82) is 0 Å². The van der Waals surface area contributed by atoms with E-state index >= 15 is 0 Å². The molecule has 12 heavy (non-hydrogen) atoms. The fourth-order valence-corrected chi connectivity index (χ4v) is 1.64. The molecule has 1 aliphatic heterocycles. The minimum absolute atomic E-state index is 0.984. The number of hydrogen-bond donors (Lipinski definition) is 0. The van der Waals surface area contributed by atoms with Crippen LogP contribution in [-0.4, -0.2) is 31.2 Å². The molecule has 1 heterocycles. The van der Waals surface area contributed by atoms with E-state index in [-0.39, 0.29) is 0 Å². The van der Waals surface area contributed by atoms with Crippen LogP contribution in [0.25, 0.3) is 0 Å². The van der Waals surface area contributed by atoms with E-state index in [1.807, 2.05) is 13.8 Å². The maximum absolute atomic E-state index is 2.38. The number of nitrogens with zero attached hydrogens (tertiary/aromatic N) is 1. The van der Waals surface area contributed by atoms with Gasteiger partial charge in [-0.2, -0.15) is 0 Å². The molecular formula is C11H26N+. The normalized spacial score (nSPS) is 35.2. The molecule has 0 saturated carbocycles. The second-order valence-electron chi connectivity index (χ2n) is 4.07. The van der Waals surface area contributed by atoms with Gasteiger partial charge in [-0.05, 0) is 25.7 Å². The van der Waals surface area contributed by atoms with Gasteiger partial charge in [-0.3, -0.25) is 0 Å². The molecule has 0 aromatic carbocycles. The largest absolute Gasteiger partial charge is 0.326 e. The molecule has 0 amide bonds. The number of rotatable bonds is 1. The fourth-order valence-electron chi connectivity index (χ4n) is 1.64. The van der Waals surface area contributed by atoms with Crippen LogP contribution in [0.3, 0.4) is 0 Å². The van der Waals surface area contributed by atoms with Gasteiger partial charge in [0, 0.05) is 0 Å². The monoisotopic (exact) mass is 172 g/mol. The molecule has 0 spiro atoms. The van der Waals surface area contributed by atoms with Crippen molar-refractivity contribution in [3.8, 4) is 0 Å². The van der Waals surface area contributed by atoms with Gasteiger partial charge < -0.3 is 4.48 Å². The summed E-state index contributed by atoms with van der Waals surface area (Å²) in [6.45, 7) is 12.8. The molecule has 0 atom stereocenters. The SMILES string of the molecule is CC.CC[N+]1(C)CCC(C)CC1. The first kappa shape index (κ1) is 12.0. The van der Waals surface area contributed by atoms with Gasteiger partial charge in [0.05, 0.1) is 26.7 Å². The Kier molecular flexibility index (Phi) is 5.56. The van der Waals surface area contributed by atoms with Crippen LogP contribution in [0.1, 0.15) is 40.5 Å². The highest BCUT2D eigenvalue weighted by atomic mass is 15.3. The molecule has 0 unspecified atom stereocenters. The summed E-state index contributed by atoms with van der Waals surface area (Å²) in [5.41, 5.74) is 0. The third-order valence-corrected chi connectivity index (χ3v) is 3.09. The maximum Gasteiger partial charge on any atom is 0.0787 e. The summed E-state index contributed by atoms with van der Waals surface area (Å²) in [4.78, 5) is 0. The van der Waals surface area contributed by atoms with E-state index in [0.29, 0.717) is 0 Å². The topological polar surface area (TPSA) is 0 Å². The minimum atomic E-state index is 0.984. The summed E-state index contributed by atoms with van der Waals surface area (Å²) < 4.78 is 1.31. The van der Waals surface area contributed by atoms with Crippen molar-refractivity contribution in [2.24, 2.45) is 5.92 Å². The van der Waals surface area contributed by atoms with Gasteiger partial charge in [0.2, 0.25) is 0 Å². The first-order valence-electron chi connectivity index (χ1n) is 5.50. The zero-order chi connectivity index (χ0) is 9.61. The predicted octanol–water partition coefficient (Wildman–Crippen LogP) is 2.91. The number of hydrogen-bond acceptors (Lipinski definition) is 0. The van der Waals surface area contributed by atoms with E-state index in [0.717, 1.165) is 5.92 Å². The lowest BCUT2D eigenvalue weighted by Gasteiger charge is -2.38. The lowest BCUT2D eigenvalue weighted by molar-refractivity contribution is -0.913. The van der Waals surface area contributed by atoms with Crippen molar-refractivity contribution in [3.63, 3.8) is 0 Å². The summed E-state index contributed by atoms with van der Waals surface area (Å²) in [6.07, 6.45) is 2.87. The second kappa shape index (κ2) is 5.58. The maximum atomic E-state index is 2.38. The van der Waals surface area contributed by atoms with Crippen molar-refractivity contribution >= 4 is 0 Å². The van der Waals surface area contributed by atoms with E-state index in [1.165, 1.54) is 37.0 Å². The smallest absolute Gasteiger partial charge is 0.0787 e. The highest BCUT2D eigenvalue weighted by Crippen LogP contribution is 2.20. The molecule has 1 rings (SSSR count). The fraction of sp³-hybridized carbons (Fsp3) is 1.00. The van der Waals surface area contributed by atoms with Gasteiger partial charge in [0.15, 0.2) is 0 Å². The number of quaternary nitrogens is 1. The first-order valence-corrected chi connectivity index (χ1v) is 5.50. The molecule has 1 nitrogen and oxygen atoms in total. The Morgan fingerprint density at radius 2 is 1.58 bits per heavy atom. The van der Waals surface area contributed by atoms with Gasteiger partial charge in [-0.25, -0.2) is 0 Å². The van der Waals surface area contributed by atoms with Gasteiger partial charge in [-0.15, -0.1) is 0 Å². The van der Waals surface area contributed by atoms with Crippen molar-refractivity contribution < 1.29 is 4.48 Å². The van der Waals surface area contributed by atoms with Crippen LogP contribution in [0.15, 0.2) is 0 Å². The quantitative estimate of drug-likeness (QED) is 0.534. The molecular weight excluding hydrogens is 146 g/mol. The van der Waals surface area contributed by atoms with Gasteiger partial charge in [-0.1, -0.05) is 20.8 Å². The van der Waals surface area contributed by atoms with Crippen LogP contribution in [0, 0.1) is 5.92 Å². The van der Waals surface area contributed by atoms with Crippen LogP contribution in [-0.2, 0) is 0 Å². The lowest BCUT2D eigenvalue weighted by Crippen LogP contribution is -2.49. The Labute approximate surface area is 78.4 Å². The van der Waals surface area contributed by atoms with Crippen molar-refractivity contribution in [2.45, 2.75) is 40.5 Å². The van der Waals surface area contributed by atoms with Crippen molar-refractivity contribution in [3.05, 3.63) is 0 Å². The summed E-state index contributed by atoms with van der Waals surface area (Å²) in [5, 5.41) is 0. The Balaban J connectivity index is 0.000000561. The van der Waals surface area contributed by atoms with Gasteiger partial charge >= 0.3 is 0 Å². The van der Waals surface area contributed by atoms with E-state index in [4.69, 9.17) is 0 Å². The van der Waals surface area contributed by atoms with E-state index in [1.54, 1.807) is 0 Å². The van der Waals surface area contributed by atoms with Gasteiger partial charge in [0.1, 0.15) is 0 Å². The lowest BCUT2D eigenvalue weighted by atomic mass is 9.98. The molecule has 74 valence electrons.